The molecular weight excluding hydrogens is 278 g/mol. The highest BCUT2D eigenvalue weighted by Crippen LogP contribution is 2.34. The van der Waals surface area contributed by atoms with Crippen molar-refractivity contribution >= 4 is 11.6 Å². The lowest BCUT2D eigenvalue weighted by Gasteiger charge is -2.14. The smallest absolute Gasteiger partial charge is 0.166 e. The number of rotatable bonds is 6. The molecule has 0 spiro atoms. The first-order valence-electron chi connectivity index (χ1n) is 6.24. The average Bonchev–Trinajstić information content (AvgIpc) is 2.49. The van der Waals surface area contributed by atoms with Crippen LogP contribution in [0.3, 0.4) is 0 Å². The van der Waals surface area contributed by atoms with Gasteiger partial charge < -0.3 is 14.6 Å². The lowest BCUT2D eigenvalue weighted by Crippen LogP contribution is -2.06. The van der Waals surface area contributed by atoms with Gasteiger partial charge in [-0.3, -0.25) is 4.98 Å². The molecule has 0 fully saturated rings. The van der Waals surface area contributed by atoms with Gasteiger partial charge in [-0.2, -0.15) is 0 Å². The third-order valence-corrected chi connectivity index (χ3v) is 3.04. The topological polar surface area (TPSA) is 51.6 Å². The maximum atomic E-state index is 9.37. The highest BCUT2D eigenvalue weighted by atomic mass is 35.5. The SMILES string of the molecule is COc1cc(Cl)cc(CO)c1OCCc1ccccn1. The van der Waals surface area contributed by atoms with Crippen molar-refractivity contribution in [2.75, 3.05) is 13.7 Å². The zero-order chi connectivity index (χ0) is 14.4. The Balaban J connectivity index is 2.08. The fourth-order valence-corrected chi connectivity index (χ4v) is 2.09. The largest absolute Gasteiger partial charge is 0.493 e. The quantitative estimate of drug-likeness (QED) is 0.890. The minimum absolute atomic E-state index is 0.157. The second-order valence-corrected chi connectivity index (χ2v) is 4.61. The molecule has 0 aliphatic rings. The highest BCUT2D eigenvalue weighted by Gasteiger charge is 2.12. The van der Waals surface area contributed by atoms with Gasteiger partial charge in [0, 0.05) is 35.0 Å². The molecule has 1 heterocycles. The molecule has 0 aliphatic carbocycles. The van der Waals surface area contributed by atoms with E-state index in [1.54, 1.807) is 25.4 Å². The number of aliphatic hydroxyl groups is 1. The molecule has 1 aromatic heterocycles. The average molecular weight is 294 g/mol. The Morgan fingerprint density at radius 1 is 1.30 bits per heavy atom. The summed E-state index contributed by atoms with van der Waals surface area (Å²) in [6.45, 7) is 0.290. The molecule has 0 saturated carbocycles. The predicted molar refractivity (Wildman–Crippen MR) is 77.4 cm³/mol. The van der Waals surface area contributed by atoms with Gasteiger partial charge in [0.1, 0.15) is 0 Å². The number of aromatic nitrogens is 1. The van der Waals surface area contributed by atoms with Crippen LogP contribution in [0, 0.1) is 0 Å². The molecule has 0 amide bonds. The van der Waals surface area contributed by atoms with Gasteiger partial charge in [-0.05, 0) is 18.2 Å². The number of pyridine rings is 1. The number of hydrogen-bond acceptors (Lipinski definition) is 4. The normalized spacial score (nSPS) is 10.3. The first-order chi connectivity index (χ1) is 9.74. The lowest BCUT2D eigenvalue weighted by molar-refractivity contribution is 0.255. The van der Waals surface area contributed by atoms with Gasteiger partial charge >= 0.3 is 0 Å². The molecule has 0 radical (unpaired) electrons. The van der Waals surface area contributed by atoms with Crippen LogP contribution in [-0.2, 0) is 13.0 Å². The predicted octanol–water partition coefficient (Wildman–Crippen LogP) is 2.86. The summed E-state index contributed by atoms with van der Waals surface area (Å²) in [5, 5.41) is 9.88. The first kappa shape index (κ1) is 14.6. The van der Waals surface area contributed by atoms with E-state index in [-0.39, 0.29) is 6.61 Å². The summed E-state index contributed by atoms with van der Waals surface area (Å²) in [5.41, 5.74) is 1.56. The minimum Gasteiger partial charge on any atom is -0.493 e. The number of benzene rings is 1. The summed E-state index contributed by atoms with van der Waals surface area (Å²) in [6.07, 6.45) is 2.43. The molecule has 0 atom stereocenters. The van der Waals surface area contributed by atoms with Crippen LogP contribution in [0.25, 0.3) is 0 Å². The molecule has 5 heteroatoms. The molecule has 20 heavy (non-hydrogen) atoms. The molecule has 1 aromatic carbocycles. The van der Waals surface area contributed by atoms with E-state index in [2.05, 4.69) is 4.98 Å². The molecule has 106 valence electrons. The maximum absolute atomic E-state index is 9.37. The van der Waals surface area contributed by atoms with Crippen molar-refractivity contribution in [2.24, 2.45) is 0 Å². The van der Waals surface area contributed by atoms with Crippen LogP contribution in [0.1, 0.15) is 11.3 Å². The van der Waals surface area contributed by atoms with Crippen molar-refractivity contribution in [2.45, 2.75) is 13.0 Å². The van der Waals surface area contributed by atoms with E-state index < -0.39 is 0 Å². The van der Waals surface area contributed by atoms with Gasteiger partial charge in [-0.25, -0.2) is 0 Å². The molecule has 0 aliphatic heterocycles. The van der Waals surface area contributed by atoms with Crippen molar-refractivity contribution in [1.82, 2.24) is 4.98 Å². The van der Waals surface area contributed by atoms with E-state index in [0.29, 0.717) is 35.1 Å². The third kappa shape index (κ3) is 3.62. The number of ether oxygens (including phenoxy) is 2. The summed E-state index contributed by atoms with van der Waals surface area (Å²) in [7, 11) is 1.54. The van der Waals surface area contributed by atoms with Crippen LogP contribution in [0.5, 0.6) is 11.5 Å². The van der Waals surface area contributed by atoms with Gasteiger partial charge in [0.2, 0.25) is 0 Å². The van der Waals surface area contributed by atoms with Crippen molar-refractivity contribution < 1.29 is 14.6 Å². The molecule has 0 unspecified atom stereocenters. The Morgan fingerprint density at radius 3 is 2.80 bits per heavy atom. The van der Waals surface area contributed by atoms with Crippen LogP contribution >= 0.6 is 11.6 Å². The lowest BCUT2D eigenvalue weighted by atomic mass is 10.2. The molecule has 2 rings (SSSR count). The van der Waals surface area contributed by atoms with Gasteiger partial charge in [0.05, 0.1) is 20.3 Å². The highest BCUT2D eigenvalue weighted by molar-refractivity contribution is 6.30. The molecule has 4 nitrogen and oxygen atoms in total. The number of methoxy groups -OCH3 is 1. The minimum atomic E-state index is -0.157. The molecule has 0 bridgehead atoms. The van der Waals surface area contributed by atoms with Gasteiger partial charge in [-0.1, -0.05) is 17.7 Å². The Kier molecular flexibility index (Phi) is 5.21. The number of hydrogen-bond donors (Lipinski definition) is 1. The van der Waals surface area contributed by atoms with Crippen molar-refractivity contribution in [1.29, 1.82) is 0 Å². The summed E-state index contributed by atoms with van der Waals surface area (Å²) in [5.74, 6) is 1.04. The van der Waals surface area contributed by atoms with E-state index in [0.717, 1.165) is 5.69 Å². The van der Waals surface area contributed by atoms with Crippen molar-refractivity contribution in [3.63, 3.8) is 0 Å². The van der Waals surface area contributed by atoms with Crippen LogP contribution in [0.15, 0.2) is 36.5 Å². The number of nitrogens with zero attached hydrogens (tertiary/aromatic N) is 1. The van der Waals surface area contributed by atoms with E-state index in [1.807, 2.05) is 18.2 Å². The third-order valence-electron chi connectivity index (χ3n) is 2.82. The fraction of sp³-hybridized carbons (Fsp3) is 0.267. The molecular formula is C15H16ClNO3. The summed E-state index contributed by atoms with van der Waals surface area (Å²) in [4.78, 5) is 4.23. The number of aliphatic hydroxyl groups excluding tert-OH is 1. The fourth-order valence-electron chi connectivity index (χ4n) is 1.86. The molecule has 1 N–H and O–H groups in total. The van der Waals surface area contributed by atoms with Crippen LogP contribution in [0.4, 0.5) is 0 Å². The van der Waals surface area contributed by atoms with E-state index in [1.165, 1.54) is 0 Å². The Morgan fingerprint density at radius 2 is 2.15 bits per heavy atom. The zero-order valence-corrected chi connectivity index (χ0v) is 11.9. The Bertz CT molecular complexity index is 535. The molecule has 2 aromatic rings. The standard InChI is InChI=1S/C15H16ClNO3/c1-19-14-9-12(16)8-11(10-18)15(14)20-7-5-13-4-2-3-6-17-13/h2-4,6,8-9,18H,5,7,10H2,1H3. The van der Waals surface area contributed by atoms with Gasteiger partial charge in [0.25, 0.3) is 0 Å². The van der Waals surface area contributed by atoms with Gasteiger partial charge in [-0.15, -0.1) is 0 Å². The number of halogens is 1. The van der Waals surface area contributed by atoms with E-state index in [4.69, 9.17) is 21.1 Å². The summed E-state index contributed by atoms with van der Waals surface area (Å²) in [6, 6.07) is 9.08. The van der Waals surface area contributed by atoms with Gasteiger partial charge in [0.15, 0.2) is 11.5 Å². The van der Waals surface area contributed by atoms with Crippen molar-refractivity contribution in [3.8, 4) is 11.5 Å². The van der Waals surface area contributed by atoms with E-state index >= 15 is 0 Å². The monoisotopic (exact) mass is 293 g/mol. The second-order valence-electron chi connectivity index (χ2n) is 4.17. The van der Waals surface area contributed by atoms with Crippen molar-refractivity contribution in [3.05, 3.63) is 52.8 Å². The second kappa shape index (κ2) is 7.12. The summed E-state index contributed by atoms with van der Waals surface area (Å²) >= 11 is 5.95. The van der Waals surface area contributed by atoms with E-state index in [9.17, 15) is 5.11 Å². The van der Waals surface area contributed by atoms with Crippen LogP contribution < -0.4 is 9.47 Å². The maximum Gasteiger partial charge on any atom is 0.166 e. The van der Waals surface area contributed by atoms with Crippen LogP contribution in [0.2, 0.25) is 5.02 Å². The first-order valence-corrected chi connectivity index (χ1v) is 6.62. The van der Waals surface area contributed by atoms with Crippen LogP contribution in [-0.4, -0.2) is 23.8 Å². The molecule has 0 saturated heterocycles. The Hall–Kier alpha value is -1.78. The zero-order valence-electron chi connectivity index (χ0n) is 11.2. The summed E-state index contributed by atoms with van der Waals surface area (Å²) < 4.78 is 11.0. The Labute approximate surface area is 122 Å².